The Morgan fingerprint density at radius 3 is 2.76 bits per heavy atom. The molecule has 0 spiro atoms. The van der Waals surface area contributed by atoms with Crippen LogP contribution in [0.25, 0.3) is 5.69 Å². The molecule has 1 aromatic carbocycles. The third-order valence-corrected chi connectivity index (χ3v) is 3.44. The van der Waals surface area contributed by atoms with Crippen LogP contribution in [0.2, 0.25) is 5.15 Å². The largest absolute Gasteiger partial charge is 0.391 e. The van der Waals surface area contributed by atoms with Crippen LogP contribution in [0.5, 0.6) is 0 Å². The maximum Gasteiger partial charge on any atom is 0.271 e. The van der Waals surface area contributed by atoms with Crippen LogP contribution in [0.1, 0.15) is 25.1 Å². The van der Waals surface area contributed by atoms with Crippen LogP contribution in [0.15, 0.2) is 24.3 Å². The Hall–Kier alpha value is -1.92. The molecule has 21 heavy (non-hydrogen) atoms. The second-order valence-electron chi connectivity index (χ2n) is 5.16. The minimum Gasteiger partial charge on any atom is -0.391 e. The van der Waals surface area contributed by atoms with Gasteiger partial charge in [-0.3, -0.25) is 10.1 Å². The molecule has 0 aliphatic rings. The number of aliphatic hydroxyl groups excluding tert-OH is 1. The third-order valence-electron chi connectivity index (χ3n) is 3.05. The summed E-state index contributed by atoms with van der Waals surface area (Å²) in [6.07, 6.45) is 0.678. The van der Waals surface area contributed by atoms with Crippen molar-refractivity contribution in [3.63, 3.8) is 0 Å². The van der Waals surface area contributed by atoms with E-state index in [0.29, 0.717) is 29.3 Å². The first kappa shape index (κ1) is 15.5. The number of hydrogen-bond donors (Lipinski definition) is 1. The van der Waals surface area contributed by atoms with Crippen molar-refractivity contribution in [2.75, 3.05) is 0 Å². The summed E-state index contributed by atoms with van der Waals surface area (Å²) >= 11 is 6.25. The van der Waals surface area contributed by atoms with Gasteiger partial charge in [0.25, 0.3) is 5.69 Å². The fourth-order valence-corrected chi connectivity index (χ4v) is 2.39. The number of non-ortho nitro benzene ring substituents is 1. The summed E-state index contributed by atoms with van der Waals surface area (Å²) in [4.78, 5) is 10.4. The molecule has 2 aromatic rings. The lowest BCUT2D eigenvalue weighted by Gasteiger charge is -2.03. The van der Waals surface area contributed by atoms with E-state index in [4.69, 9.17) is 11.6 Å². The minimum atomic E-state index is -0.469. The standard InChI is InChI=1S/C14H16ClN3O3/c1-9(2)6-13-12(8-19)14(15)17(16-13)10-4-3-5-11(7-10)18(20)21/h3-5,7,9,19H,6,8H2,1-2H3. The van der Waals surface area contributed by atoms with Crippen LogP contribution >= 0.6 is 11.6 Å². The highest BCUT2D eigenvalue weighted by Crippen LogP contribution is 2.27. The molecule has 0 aliphatic carbocycles. The summed E-state index contributed by atoms with van der Waals surface area (Å²) in [5.41, 5.74) is 1.75. The smallest absolute Gasteiger partial charge is 0.271 e. The highest BCUT2D eigenvalue weighted by molar-refractivity contribution is 6.30. The van der Waals surface area contributed by atoms with E-state index in [1.54, 1.807) is 12.1 Å². The van der Waals surface area contributed by atoms with Gasteiger partial charge in [0.15, 0.2) is 0 Å². The molecule has 6 nitrogen and oxygen atoms in total. The van der Waals surface area contributed by atoms with Crippen LogP contribution in [0, 0.1) is 16.0 Å². The van der Waals surface area contributed by atoms with Crippen molar-refractivity contribution in [2.24, 2.45) is 5.92 Å². The minimum absolute atomic E-state index is 0.0324. The van der Waals surface area contributed by atoms with E-state index < -0.39 is 4.92 Å². The molecule has 7 heteroatoms. The number of rotatable bonds is 5. The Morgan fingerprint density at radius 1 is 1.48 bits per heavy atom. The highest BCUT2D eigenvalue weighted by atomic mass is 35.5. The molecule has 0 radical (unpaired) electrons. The fraction of sp³-hybridized carbons (Fsp3) is 0.357. The summed E-state index contributed by atoms with van der Waals surface area (Å²) in [7, 11) is 0. The lowest BCUT2D eigenvalue weighted by Crippen LogP contribution is -2.01. The Bertz CT molecular complexity index is 667. The van der Waals surface area contributed by atoms with Gasteiger partial charge in [0.2, 0.25) is 0 Å². The van der Waals surface area contributed by atoms with Gasteiger partial charge in [0, 0.05) is 17.7 Å². The molecule has 0 saturated carbocycles. The lowest BCUT2D eigenvalue weighted by atomic mass is 10.1. The van der Waals surface area contributed by atoms with Crippen molar-refractivity contribution >= 4 is 17.3 Å². The van der Waals surface area contributed by atoms with E-state index >= 15 is 0 Å². The summed E-state index contributed by atoms with van der Waals surface area (Å²) in [6, 6.07) is 6.07. The second-order valence-corrected chi connectivity index (χ2v) is 5.52. The molecular formula is C14H16ClN3O3. The number of nitro groups is 1. The van der Waals surface area contributed by atoms with Crippen LogP contribution in [0.4, 0.5) is 5.69 Å². The number of nitro benzene ring substituents is 1. The van der Waals surface area contributed by atoms with E-state index in [9.17, 15) is 15.2 Å². The summed E-state index contributed by atoms with van der Waals surface area (Å²) < 4.78 is 1.43. The molecule has 1 heterocycles. The van der Waals surface area contributed by atoms with Gasteiger partial charge in [-0.2, -0.15) is 5.10 Å². The van der Waals surface area contributed by atoms with Crippen LogP contribution in [0.3, 0.4) is 0 Å². The molecule has 0 saturated heterocycles. The van der Waals surface area contributed by atoms with Gasteiger partial charge >= 0.3 is 0 Å². The number of aliphatic hydroxyl groups is 1. The van der Waals surface area contributed by atoms with E-state index in [2.05, 4.69) is 5.10 Å². The summed E-state index contributed by atoms with van der Waals surface area (Å²) in [5, 5.41) is 25.0. The fourth-order valence-electron chi connectivity index (χ4n) is 2.09. The first-order valence-electron chi connectivity index (χ1n) is 6.56. The molecular weight excluding hydrogens is 294 g/mol. The zero-order valence-corrected chi connectivity index (χ0v) is 12.5. The topological polar surface area (TPSA) is 81.2 Å². The number of hydrogen-bond acceptors (Lipinski definition) is 4. The van der Waals surface area contributed by atoms with Gasteiger partial charge in [-0.15, -0.1) is 0 Å². The first-order chi connectivity index (χ1) is 9.93. The van der Waals surface area contributed by atoms with Crippen molar-refractivity contribution < 1.29 is 10.0 Å². The van der Waals surface area contributed by atoms with Crippen LogP contribution in [-0.2, 0) is 13.0 Å². The molecule has 0 amide bonds. The van der Waals surface area contributed by atoms with Gasteiger partial charge in [-0.05, 0) is 18.4 Å². The highest BCUT2D eigenvalue weighted by Gasteiger charge is 2.18. The average molecular weight is 310 g/mol. The predicted octanol–water partition coefficient (Wildman–Crippen LogP) is 3.12. The van der Waals surface area contributed by atoms with Crippen LogP contribution < -0.4 is 0 Å². The van der Waals surface area contributed by atoms with Crippen molar-refractivity contribution in [1.82, 2.24) is 9.78 Å². The zero-order valence-electron chi connectivity index (χ0n) is 11.8. The van der Waals surface area contributed by atoms with E-state index in [0.717, 1.165) is 0 Å². The average Bonchev–Trinajstić information content (AvgIpc) is 2.74. The van der Waals surface area contributed by atoms with E-state index in [1.807, 2.05) is 13.8 Å². The second kappa shape index (κ2) is 6.24. The normalized spacial score (nSPS) is 11.1. The van der Waals surface area contributed by atoms with Gasteiger partial charge < -0.3 is 5.11 Å². The Kier molecular flexibility index (Phi) is 4.59. The molecule has 2 rings (SSSR count). The Morgan fingerprint density at radius 2 is 2.19 bits per heavy atom. The molecule has 0 fully saturated rings. The quantitative estimate of drug-likeness (QED) is 0.679. The lowest BCUT2D eigenvalue weighted by molar-refractivity contribution is -0.384. The van der Waals surface area contributed by atoms with Crippen molar-refractivity contribution in [1.29, 1.82) is 0 Å². The Labute approximate surface area is 127 Å². The number of aromatic nitrogens is 2. The first-order valence-corrected chi connectivity index (χ1v) is 6.93. The Balaban J connectivity index is 2.51. The summed E-state index contributed by atoms with van der Waals surface area (Å²) in [6.45, 7) is 3.87. The van der Waals surface area contributed by atoms with E-state index in [1.165, 1.54) is 16.8 Å². The number of halogens is 1. The molecule has 0 aliphatic heterocycles. The van der Waals surface area contributed by atoms with Crippen molar-refractivity contribution in [3.8, 4) is 5.69 Å². The molecule has 0 atom stereocenters. The maximum absolute atomic E-state index is 10.8. The summed E-state index contributed by atoms with van der Waals surface area (Å²) in [5.74, 6) is 0.361. The number of benzene rings is 1. The number of nitrogens with zero attached hydrogens (tertiary/aromatic N) is 3. The van der Waals surface area contributed by atoms with Gasteiger partial charge in [0.1, 0.15) is 5.15 Å². The SMILES string of the molecule is CC(C)Cc1nn(-c2cccc([N+](=O)[O-])c2)c(Cl)c1CO. The maximum atomic E-state index is 10.8. The van der Waals surface area contributed by atoms with Crippen LogP contribution in [-0.4, -0.2) is 19.8 Å². The zero-order chi connectivity index (χ0) is 15.6. The molecule has 0 bridgehead atoms. The van der Waals surface area contributed by atoms with Gasteiger partial charge in [-0.25, -0.2) is 4.68 Å². The van der Waals surface area contributed by atoms with Gasteiger partial charge in [0.05, 0.1) is 22.9 Å². The van der Waals surface area contributed by atoms with E-state index in [-0.39, 0.29) is 17.4 Å². The molecule has 1 aromatic heterocycles. The molecule has 0 unspecified atom stereocenters. The van der Waals surface area contributed by atoms with Gasteiger partial charge in [-0.1, -0.05) is 31.5 Å². The van der Waals surface area contributed by atoms with Crippen molar-refractivity contribution in [2.45, 2.75) is 26.9 Å². The third kappa shape index (κ3) is 3.22. The molecule has 112 valence electrons. The predicted molar refractivity (Wildman–Crippen MR) is 79.7 cm³/mol. The monoisotopic (exact) mass is 309 g/mol. The van der Waals surface area contributed by atoms with Crippen molar-refractivity contribution in [3.05, 3.63) is 50.8 Å². The molecule has 1 N–H and O–H groups in total.